The molecule has 80 valence electrons. The largest absolute Gasteiger partial charge is 0.390 e. The summed E-state index contributed by atoms with van der Waals surface area (Å²) in [5, 5.41) is 15.5. The van der Waals surface area contributed by atoms with Crippen molar-refractivity contribution in [1.82, 2.24) is 0 Å². The van der Waals surface area contributed by atoms with Gasteiger partial charge in [-0.2, -0.15) is 26.3 Å². The summed E-state index contributed by atoms with van der Waals surface area (Å²) in [5.74, 6) is -16.3. The molecule has 0 amide bonds. The van der Waals surface area contributed by atoms with Crippen molar-refractivity contribution in [3.8, 4) is 0 Å². The van der Waals surface area contributed by atoms with Crippen LogP contribution in [-0.4, -0.2) is 41.2 Å². The Morgan fingerprint density at radius 3 is 1.08 bits per heavy atom. The second-order valence-corrected chi connectivity index (χ2v) is 2.30. The molecular weight excluding hydrogens is 206 g/mol. The summed E-state index contributed by atoms with van der Waals surface area (Å²) >= 11 is 0. The Morgan fingerprint density at radius 1 is 0.692 bits per heavy atom. The highest BCUT2D eigenvalue weighted by atomic mass is 19.3. The molecule has 0 radical (unpaired) electrons. The van der Waals surface area contributed by atoms with Gasteiger partial charge in [-0.15, -0.1) is 0 Å². The van der Waals surface area contributed by atoms with Gasteiger partial charge in [0.2, 0.25) is 0 Å². The molecule has 0 unspecified atom stereocenters. The molecule has 0 aliphatic heterocycles. The molecule has 2 nitrogen and oxygen atoms in total. The quantitative estimate of drug-likeness (QED) is 0.679. The fraction of sp³-hybridized carbons (Fsp3) is 1.00. The molecule has 0 aromatic rings. The average molecular weight is 212 g/mol. The lowest BCUT2D eigenvalue weighted by Gasteiger charge is -2.30. The van der Waals surface area contributed by atoms with Gasteiger partial charge in [-0.25, -0.2) is 0 Å². The first-order valence-electron chi connectivity index (χ1n) is 2.97. The highest BCUT2D eigenvalue weighted by Gasteiger charge is 2.70. The van der Waals surface area contributed by atoms with Gasteiger partial charge in [-0.05, 0) is 0 Å². The Bertz CT molecular complexity index is 162. The van der Waals surface area contributed by atoms with Gasteiger partial charge in [0.05, 0.1) is 0 Å². The predicted molar refractivity (Wildman–Crippen MR) is 29.0 cm³/mol. The molecule has 0 spiro atoms. The third-order valence-corrected chi connectivity index (χ3v) is 1.32. The number of aliphatic hydroxyl groups excluding tert-OH is 2. The minimum atomic E-state index is -5.77. The molecule has 0 heterocycles. The van der Waals surface area contributed by atoms with Crippen molar-refractivity contribution < 1.29 is 36.6 Å². The van der Waals surface area contributed by atoms with E-state index in [9.17, 15) is 26.3 Å². The normalized spacial score (nSPS) is 14.8. The Balaban J connectivity index is 4.95. The summed E-state index contributed by atoms with van der Waals surface area (Å²) in [7, 11) is 0. The van der Waals surface area contributed by atoms with Crippen LogP contribution in [0.4, 0.5) is 26.3 Å². The molecule has 0 rings (SSSR count). The summed E-state index contributed by atoms with van der Waals surface area (Å²) < 4.78 is 72.4. The smallest absolute Gasteiger partial charge is 0.376 e. The van der Waals surface area contributed by atoms with Crippen LogP contribution in [0.15, 0.2) is 0 Å². The maximum Gasteiger partial charge on any atom is 0.376 e. The first-order valence-corrected chi connectivity index (χ1v) is 2.97. The molecule has 13 heavy (non-hydrogen) atoms. The predicted octanol–water partition coefficient (Wildman–Crippen LogP) is 0.877. The average Bonchev–Trinajstić information content (AvgIpc) is 2.03. The SMILES string of the molecule is OCC(F)(F)C(F)(F)C(F)(F)CO. The number of alkyl halides is 6. The Morgan fingerprint density at radius 2 is 0.923 bits per heavy atom. The minimum Gasteiger partial charge on any atom is -0.390 e. The Hall–Kier alpha value is -0.500. The van der Waals surface area contributed by atoms with Crippen molar-refractivity contribution in [2.75, 3.05) is 13.2 Å². The van der Waals surface area contributed by atoms with E-state index in [4.69, 9.17) is 10.2 Å². The number of rotatable bonds is 4. The molecule has 8 heteroatoms. The third kappa shape index (κ3) is 1.88. The van der Waals surface area contributed by atoms with E-state index < -0.39 is 31.0 Å². The molecule has 0 aromatic carbocycles. The second-order valence-electron chi connectivity index (χ2n) is 2.30. The number of aliphatic hydroxyl groups is 2. The van der Waals surface area contributed by atoms with Gasteiger partial charge in [0.1, 0.15) is 13.2 Å². The molecule has 0 bridgehead atoms. The molecular formula is C5H6F6O2. The van der Waals surface area contributed by atoms with Crippen molar-refractivity contribution in [3.63, 3.8) is 0 Å². The van der Waals surface area contributed by atoms with Gasteiger partial charge >= 0.3 is 17.8 Å². The van der Waals surface area contributed by atoms with E-state index >= 15 is 0 Å². The lowest BCUT2D eigenvalue weighted by molar-refractivity contribution is -0.323. The van der Waals surface area contributed by atoms with Crippen LogP contribution < -0.4 is 0 Å². The van der Waals surface area contributed by atoms with Crippen molar-refractivity contribution in [2.24, 2.45) is 0 Å². The summed E-state index contributed by atoms with van der Waals surface area (Å²) in [5.41, 5.74) is 0. The van der Waals surface area contributed by atoms with Crippen LogP contribution in [0.5, 0.6) is 0 Å². The zero-order chi connectivity index (χ0) is 10.9. The summed E-state index contributed by atoms with van der Waals surface area (Å²) in [6.07, 6.45) is 0. The van der Waals surface area contributed by atoms with E-state index in [-0.39, 0.29) is 0 Å². The van der Waals surface area contributed by atoms with Crippen molar-refractivity contribution in [2.45, 2.75) is 17.8 Å². The fourth-order valence-corrected chi connectivity index (χ4v) is 0.466. The molecule has 0 saturated carbocycles. The molecule has 0 atom stereocenters. The van der Waals surface area contributed by atoms with E-state index in [1.54, 1.807) is 0 Å². The molecule has 0 aliphatic rings. The summed E-state index contributed by atoms with van der Waals surface area (Å²) in [6, 6.07) is 0. The van der Waals surface area contributed by atoms with Crippen molar-refractivity contribution in [1.29, 1.82) is 0 Å². The highest BCUT2D eigenvalue weighted by molar-refractivity contribution is 4.95. The van der Waals surface area contributed by atoms with Crippen LogP contribution >= 0.6 is 0 Å². The Kier molecular flexibility index (Phi) is 3.21. The number of hydrogen-bond donors (Lipinski definition) is 2. The van der Waals surface area contributed by atoms with Crippen LogP contribution in [0.25, 0.3) is 0 Å². The summed E-state index contributed by atoms with van der Waals surface area (Å²) in [6.45, 7) is -4.84. The maximum absolute atomic E-state index is 12.2. The molecule has 0 saturated heterocycles. The van der Waals surface area contributed by atoms with Crippen LogP contribution in [0.3, 0.4) is 0 Å². The molecule has 2 N–H and O–H groups in total. The van der Waals surface area contributed by atoms with E-state index in [1.807, 2.05) is 0 Å². The minimum absolute atomic E-state index is 2.42. The topological polar surface area (TPSA) is 40.5 Å². The van der Waals surface area contributed by atoms with Gasteiger partial charge in [-0.1, -0.05) is 0 Å². The van der Waals surface area contributed by atoms with E-state index in [0.717, 1.165) is 0 Å². The third-order valence-electron chi connectivity index (χ3n) is 1.32. The highest BCUT2D eigenvalue weighted by Crippen LogP contribution is 2.44. The van der Waals surface area contributed by atoms with Crippen molar-refractivity contribution in [3.05, 3.63) is 0 Å². The van der Waals surface area contributed by atoms with Crippen LogP contribution in [0, 0.1) is 0 Å². The summed E-state index contributed by atoms with van der Waals surface area (Å²) in [4.78, 5) is 0. The first kappa shape index (κ1) is 12.5. The zero-order valence-electron chi connectivity index (χ0n) is 6.08. The molecule has 0 aliphatic carbocycles. The number of halogens is 6. The van der Waals surface area contributed by atoms with E-state index in [2.05, 4.69) is 0 Å². The number of hydrogen-bond acceptors (Lipinski definition) is 2. The van der Waals surface area contributed by atoms with Gasteiger partial charge in [-0.3, -0.25) is 0 Å². The second kappa shape index (κ2) is 3.33. The molecule has 0 aromatic heterocycles. The zero-order valence-corrected chi connectivity index (χ0v) is 6.08. The fourth-order valence-electron chi connectivity index (χ4n) is 0.466. The van der Waals surface area contributed by atoms with Gasteiger partial charge in [0.15, 0.2) is 0 Å². The lowest BCUT2D eigenvalue weighted by atomic mass is 10.1. The van der Waals surface area contributed by atoms with Gasteiger partial charge in [0.25, 0.3) is 0 Å². The van der Waals surface area contributed by atoms with E-state index in [1.165, 1.54) is 0 Å². The van der Waals surface area contributed by atoms with Crippen molar-refractivity contribution >= 4 is 0 Å². The lowest BCUT2D eigenvalue weighted by Crippen LogP contribution is -2.57. The van der Waals surface area contributed by atoms with Gasteiger partial charge < -0.3 is 10.2 Å². The Labute approximate surface area is 68.8 Å². The molecule has 0 fully saturated rings. The standard InChI is InChI=1S/C5H6F6O2/c6-3(7,1-12)5(10,11)4(8,9)2-13/h12-13H,1-2H2. The maximum atomic E-state index is 12.2. The van der Waals surface area contributed by atoms with E-state index in [0.29, 0.717) is 0 Å². The van der Waals surface area contributed by atoms with Crippen LogP contribution in [0.1, 0.15) is 0 Å². The monoisotopic (exact) mass is 212 g/mol. The van der Waals surface area contributed by atoms with Crippen LogP contribution in [0.2, 0.25) is 0 Å². The van der Waals surface area contributed by atoms with Crippen LogP contribution in [-0.2, 0) is 0 Å². The first-order chi connectivity index (χ1) is 5.62. The van der Waals surface area contributed by atoms with Gasteiger partial charge in [0, 0.05) is 0 Å².